The van der Waals surface area contributed by atoms with Crippen LogP contribution in [0.25, 0.3) is 0 Å². The molecule has 0 bridgehead atoms. The highest BCUT2D eigenvalue weighted by Crippen LogP contribution is 2.26. The molecule has 3 rings (SSSR count). The quantitative estimate of drug-likeness (QED) is 0.796. The minimum Gasteiger partial charge on any atom is -0.455 e. The summed E-state index contributed by atoms with van der Waals surface area (Å²) in [5.74, 6) is -1.56. The van der Waals surface area contributed by atoms with Crippen molar-refractivity contribution in [3.63, 3.8) is 0 Å². The number of nitrogens with zero attached hydrogens (tertiary/aromatic N) is 1. The lowest BCUT2D eigenvalue weighted by Crippen LogP contribution is -2.31. The Morgan fingerprint density at radius 3 is 2.52 bits per heavy atom. The van der Waals surface area contributed by atoms with E-state index in [0.29, 0.717) is 6.54 Å². The summed E-state index contributed by atoms with van der Waals surface area (Å²) < 4.78 is 5.10. The Bertz CT molecular complexity index is 818. The van der Waals surface area contributed by atoms with Gasteiger partial charge in [0.2, 0.25) is 5.91 Å². The van der Waals surface area contributed by atoms with Crippen molar-refractivity contribution in [3.8, 4) is 0 Å². The number of rotatable bonds is 6. The first-order valence-corrected chi connectivity index (χ1v) is 8.87. The number of nitrogens with one attached hydrogen (secondary N) is 1. The van der Waals surface area contributed by atoms with Gasteiger partial charge in [0.1, 0.15) is 0 Å². The fraction of sp³-hybridized carbons (Fsp3) is 0.286. The molecule has 6 nitrogen and oxygen atoms in total. The maximum absolute atomic E-state index is 12.2. The summed E-state index contributed by atoms with van der Waals surface area (Å²) in [7, 11) is 0. The first kappa shape index (κ1) is 18.6. The Labute approximate surface area is 158 Å². The van der Waals surface area contributed by atoms with Crippen LogP contribution in [0.15, 0.2) is 54.6 Å². The van der Waals surface area contributed by atoms with Crippen LogP contribution in [-0.2, 0) is 25.7 Å². The van der Waals surface area contributed by atoms with E-state index in [1.165, 1.54) is 0 Å². The summed E-state index contributed by atoms with van der Waals surface area (Å²) in [5.41, 5.74) is 2.83. The number of esters is 1. The van der Waals surface area contributed by atoms with Crippen molar-refractivity contribution in [2.75, 3.05) is 18.1 Å². The number of aryl methyl sites for hydroxylation is 1. The summed E-state index contributed by atoms with van der Waals surface area (Å²) in [6.45, 7) is 2.27. The summed E-state index contributed by atoms with van der Waals surface area (Å²) in [6.07, 6.45) is 0.0956. The van der Waals surface area contributed by atoms with Gasteiger partial charge >= 0.3 is 5.97 Å². The lowest BCUT2D eigenvalue weighted by atomic mass is 10.1. The van der Waals surface area contributed by atoms with Crippen LogP contribution in [-0.4, -0.2) is 30.9 Å². The largest absolute Gasteiger partial charge is 0.455 e. The maximum atomic E-state index is 12.2. The van der Waals surface area contributed by atoms with Crippen molar-refractivity contribution in [2.24, 2.45) is 5.92 Å². The molecule has 0 aliphatic carbocycles. The highest BCUT2D eigenvalue weighted by molar-refractivity contribution is 5.99. The van der Waals surface area contributed by atoms with Gasteiger partial charge in [-0.3, -0.25) is 14.4 Å². The third-order valence-corrected chi connectivity index (χ3v) is 4.48. The first-order chi connectivity index (χ1) is 13.0. The van der Waals surface area contributed by atoms with E-state index in [2.05, 4.69) is 5.32 Å². The summed E-state index contributed by atoms with van der Waals surface area (Å²) in [5, 5.41) is 2.70. The van der Waals surface area contributed by atoms with Gasteiger partial charge in [-0.1, -0.05) is 48.0 Å². The Kier molecular flexibility index (Phi) is 5.86. The smallest absolute Gasteiger partial charge is 0.311 e. The van der Waals surface area contributed by atoms with Gasteiger partial charge in [0.15, 0.2) is 6.61 Å². The van der Waals surface area contributed by atoms with Crippen LogP contribution >= 0.6 is 0 Å². The Morgan fingerprint density at radius 2 is 1.81 bits per heavy atom. The summed E-state index contributed by atoms with van der Waals surface area (Å²) in [6, 6.07) is 17.0. The minimum absolute atomic E-state index is 0.0956. The molecular formula is C21H22N2O4. The number of anilines is 1. The molecule has 1 saturated heterocycles. The predicted molar refractivity (Wildman–Crippen MR) is 101 cm³/mol. The molecule has 2 aromatic rings. The average Bonchev–Trinajstić information content (AvgIpc) is 3.07. The minimum atomic E-state index is -0.555. The molecule has 0 radical (unpaired) electrons. The molecule has 0 saturated carbocycles. The van der Waals surface area contributed by atoms with Crippen molar-refractivity contribution in [1.29, 1.82) is 0 Å². The molecule has 1 N–H and O–H groups in total. The SMILES string of the molecule is Cc1ccc(N2C[C@H](C(=O)OCC(=O)NCc3ccccc3)CC2=O)cc1. The van der Waals surface area contributed by atoms with E-state index < -0.39 is 11.9 Å². The maximum Gasteiger partial charge on any atom is 0.311 e. The molecule has 0 unspecified atom stereocenters. The molecule has 1 aliphatic heterocycles. The zero-order chi connectivity index (χ0) is 19.2. The van der Waals surface area contributed by atoms with Crippen LogP contribution in [0.3, 0.4) is 0 Å². The van der Waals surface area contributed by atoms with Gasteiger partial charge < -0.3 is 15.0 Å². The second-order valence-electron chi connectivity index (χ2n) is 6.61. The molecule has 0 spiro atoms. The zero-order valence-electron chi connectivity index (χ0n) is 15.2. The van der Waals surface area contributed by atoms with Crippen LogP contribution in [0.5, 0.6) is 0 Å². The number of hydrogen-bond donors (Lipinski definition) is 1. The molecule has 2 amide bonds. The van der Waals surface area contributed by atoms with E-state index in [1.54, 1.807) is 4.90 Å². The molecule has 0 aromatic heterocycles. The highest BCUT2D eigenvalue weighted by Gasteiger charge is 2.36. The molecule has 1 aliphatic rings. The number of carbonyl (C=O) groups excluding carboxylic acids is 3. The molecule has 1 fully saturated rings. The van der Waals surface area contributed by atoms with Crippen LogP contribution in [0.4, 0.5) is 5.69 Å². The molecule has 140 valence electrons. The Hall–Kier alpha value is -3.15. The summed E-state index contributed by atoms with van der Waals surface area (Å²) in [4.78, 5) is 37.9. The van der Waals surface area contributed by atoms with Gasteiger partial charge in [0.25, 0.3) is 5.91 Å². The number of carbonyl (C=O) groups is 3. The third kappa shape index (κ3) is 4.94. The van der Waals surface area contributed by atoms with Crippen LogP contribution < -0.4 is 10.2 Å². The van der Waals surface area contributed by atoms with E-state index in [1.807, 2.05) is 61.5 Å². The molecular weight excluding hydrogens is 344 g/mol. The van der Waals surface area contributed by atoms with Gasteiger partial charge in [0, 0.05) is 25.2 Å². The normalized spacial score (nSPS) is 16.3. The number of benzene rings is 2. The lowest BCUT2D eigenvalue weighted by molar-refractivity contribution is -0.152. The van der Waals surface area contributed by atoms with Gasteiger partial charge in [-0.25, -0.2) is 0 Å². The number of amides is 2. The molecule has 27 heavy (non-hydrogen) atoms. The van der Waals surface area contributed by atoms with E-state index in [-0.39, 0.29) is 31.4 Å². The molecule has 1 heterocycles. The molecule has 1 atom stereocenters. The summed E-state index contributed by atoms with van der Waals surface area (Å²) >= 11 is 0. The van der Waals surface area contributed by atoms with Crippen LogP contribution in [0.1, 0.15) is 17.5 Å². The van der Waals surface area contributed by atoms with Gasteiger partial charge in [-0.05, 0) is 24.6 Å². The van der Waals surface area contributed by atoms with Gasteiger partial charge in [0.05, 0.1) is 5.92 Å². The van der Waals surface area contributed by atoms with E-state index >= 15 is 0 Å². The highest BCUT2D eigenvalue weighted by atomic mass is 16.5. The monoisotopic (exact) mass is 366 g/mol. The predicted octanol–water partition coefficient (Wildman–Crippen LogP) is 2.21. The van der Waals surface area contributed by atoms with Crippen molar-refractivity contribution < 1.29 is 19.1 Å². The van der Waals surface area contributed by atoms with Crippen molar-refractivity contribution in [3.05, 3.63) is 65.7 Å². The second-order valence-corrected chi connectivity index (χ2v) is 6.61. The van der Waals surface area contributed by atoms with Gasteiger partial charge in [-0.15, -0.1) is 0 Å². The molecule has 2 aromatic carbocycles. The fourth-order valence-electron chi connectivity index (χ4n) is 2.94. The third-order valence-electron chi connectivity index (χ3n) is 4.48. The van der Waals surface area contributed by atoms with Crippen LogP contribution in [0.2, 0.25) is 0 Å². The van der Waals surface area contributed by atoms with Crippen molar-refractivity contribution >= 4 is 23.5 Å². The second kappa shape index (κ2) is 8.49. The number of hydrogen-bond acceptors (Lipinski definition) is 4. The van der Waals surface area contributed by atoms with Gasteiger partial charge in [-0.2, -0.15) is 0 Å². The average molecular weight is 366 g/mol. The van der Waals surface area contributed by atoms with E-state index in [9.17, 15) is 14.4 Å². The first-order valence-electron chi connectivity index (χ1n) is 8.87. The number of ether oxygens (including phenoxy) is 1. The topological polar surface area (TPSA) is 75.7 Å². The lowest BCUT2D eigenvalue weighted by Gasteiger charge is -2.16. The van der Waals surface area contributed by atoms with Crippen LogP contribution in [0, 0.1) is 12.8 Å². The van der Waals surface area contributed by atoms with E-state index in [0.717, 1.165) is 16.8 Å². The zero-order valence-corrected chi connectivity index (χ0v) is 15.2. The van der Waals surface area contributed by atoms with E-state index in [4.69, 9.17) is 4.74 Å². The Balaban J connectivity index is 1.46. The van der Waals surface area contributed by atoms with Crippen molar-refractivity contribution in [1.82, 2.24) is 5.32 Å². The standard InChI is InChI=1S/C21H22N2O4/c1-15-7-9-18(10-8-15)23-13-17(11-20(23)25)21(26)27-14-19(24)22-12-16-5-3-2-4-6-16/h2-10,17H,11-14H2,1H3,(H,22,24)/t17-/m1/s1. The fourth-order valence-corrected chi connectivity index (χ4v) is 2.94. The molecule has 6 heteroatoms. The Morgan fingerprint density at radius 1 is 1.11 bits per heavy atom. The van der Waals surface area contributed by atoms with Crippen molar-refractivity contribution in [2.45, 2.75) is 19.9 Å².